The number of halogens is 1. The summed E-state index contributed by atoms with van der Waals surface area (Å²) in [6, 6.07) is 12.4. The van der Waals surface area contributed by atoms with Gasteiger partial charge in [0.2, 0.25) is 0 Å². The molecule has 0 radical (unpaired) electrons. The average molecular weight is 428 g/mol. The summed E-state index contributed by atoms with van der Waals surface area (Å²) in [5, 5.41) is 11.5. The maximum absolute atomic E-state index is 13.7. The molecule has 1 aliphatic rings. The first-order valence-electron chi connectivity index (χ1n) is 10.1. The van der Waals surface area contributed by atoms with Crippen LogP contribution in [0, 0.1) is 6.92 Å². The molecule has 158 valence electrons. The van der Waals surface area contributed by atoms with Crippen LogP contribution in [0.15, 0.2) is 57.9 Å². The summed E-state index contributed by atoms with van der Waals surface area (Å²) in [7, 11) is 2.08. The van der Waals surface area contributed by atoms with E-state index in [4.69, 9.17) is 16.0 Å². The molecule has 1 aliphatic heterocycles. The van der Waals surface area contributed by atoms with E-state index in [1.807, 2.05) is 37.3 Å². The molecular weight excluding hydrogens is 402 g/mol. The van der Waals surface area contributed by atoms with Crippen LogP contribution in [-0.4, -0.2) is 52.7 Å². The topological polar surface area (TPSA) is 61.9 Å². The van der Waals surface area contributed by atoms with Gasteiger partial charge in [0.05, 0.1) is 24.4 Å². The lowest BCUT2D eigenvalue weighted by Crippen LogP contribution is -2.47. The number of aromatic nitrogens is 1. The summed E-state index contributed by atoms with van der Waals surface area (Å²) in [5.41, 5.74) is 1.62. The van der Waals surface area contributed by atoms with Crippen molar-refractivity contribution < 1.29 is 9.52 Å². The van der Waals surface area contributed by atoms with Crippen LogP contribution in [0.1, 0.15) is 28.6 Å². The number of likely N-dealkylation sites (N-methyl/N-ethyl adjacent to an activating group) is 1. The van der Waals surface area contributed by atoms with E-state index < -0.39 is 6.04 Å². The first-order valence-corrected chi connectivity index (χ1v) is 10.5. The number of hydrogen-bond acceptors (Lipinski definition) is 5. The fourth-order valence-electron chi connectivity index (χ4n) is 4.09. The van der Waals surface area contributed by atoms with E-state index in [2.05, 4.69) is 16.8 Å². The van der Waals surface area contributed by atoms with Crippen LogP contribution in [0.4, 0.5) is 0 Å². The van der Waals surface area contributed by atoms with Gasteiger partial charge in [0.1, 0.15) is 11.5 Å². The second kappa shape index (κ2) is 8.68. The fourth-order valence-corrected chi connectivity index (χ4v) is 4.33. The molecule has 4 rings (SSSR count). The first-order chi connectivity index (χ1) is 14.5. The monoisotopic (exact) mass is 427 g/mol. The van der Waals surface area contributed by atoms with Crippen LogP contribution in [0.2, 0.25) is 5.02 Å². The molecule has 0 unspecified atom stereocenters. The number of hydrogen-bond donors (Lipinski definition) is 1. The van der Waals surface area contributed by atoms with Gasteiger partial charge in [-0.3, -0.25) is 9.69 Å². The maximum atomic E-state index is 13.7. The van der Waals surface area contributed by atoms with Gasteiger partial charge in [-0.05, 0) is 43.8 Å². The highest BCUT2D eigenvalue weighted by Gasteiger charge is 2.32. The standard InChI is InChI=1S/C23H26ClN3O3/c1-16-14-20(28)21(23(29)27(16)15-17-6-5-13-30-17)22(18-7-3-4-8-19(18)24)26-11-9-25(2)10-12-26/h3-8,13-14,22,28H,9-12,15H2,1-2H3/t22-/m0/s1. The van der Waals surface area contributed by atoms with Crippen LogP contribution in [0.3, 0.4) is 0 Å². The average Bonchev–Trinajstić information content (AvgIpc) is 3.23. The Morgan fingerprint density at radius 3 is 2.53 bits per heavy atom. The molecule has 7 heteroatoms. The van der Waals surface area contributed by atoms with Gasteiger partial charge < -0.3 is 19.0 Å². The molecule has 0 spiro atoms. The largest absolute Gasteiger partial charge is 0.507 e. The molecule has 1 atom stereocenters. The van der Waals surface area contributed by atoms with Gasteiger partial charge in [-0.1, -0.05) is 29.8 Å². The summed E-state index contributed by atoms with van der Waals surface area (Å²) < 4.78 is 7.10. The minimum Gasteiger partial charge on any atom is -0.507 e. The Hall–Kier alpha value is -2.54. The minimum absolute atomic E-state index is 0.00274. The Morgan fingerprint density at radius 1 is 1.13 bits per heavy atom. The second-order valence-electron chi connectivity index (χ2n) is 7.82. The van der Waals surface area contributed by atoms with Gasteiger partial charge in [-0.15, -0.1) is 0 Å². The zero-order chi connectivity index (χ0) is 21.3. The number of rotatable bonds is 5. The lowest BCUT2D eigenvalue weighted by molar-refractivity contribution is 0.125. The molecule has 3 heterocycles. The van der Waals surface area contributed by atoms with E-state index >= 15 is 0 Å². The molecule has 1 N–H and O–H groups in total. The number of nitrogens with zero attached hydrogens (tertiary/aromatic N) is 3. The van der Waals surface area contributed by atoms with Crippen LogP contribution >= 0.6 is 11.6 Å². The van der Waals surface area contributed by atoms with Crippen molar-refractivity contribution in [3.63, 3.8) is 0 Å². The Bertz CT molecular complexity index is 1070. The normalized spacial score (nSPS) is 16.6. The van der Waals surface area contributed by atoms with Gasteiger partial charge in [0.25, 0.3) is 5.56 Å². The van der Waals surface area contributed by atoms with Gasteiger partial charge in [-0.2, -0.15) is 0 Å². The summed E-state index contributed by atoms with van der Waals surface area (Å²) in [6.07, 6.45) is 1.59. The third-order valence-electron chi connectivity index (χ3n) is 5.79. The third-order valence-corrected chi connectivity index (χ3v) is 6.14. The Morgan fingerprint density at radius 2 is 1.87 bits per heavy atom. The summed E-state index contributed by atoms with van der Waals surface area (Å²) in [5.74, 6) is 0.683. The quantitative estimate of drug-likeness (QED) is 0.675. The molecule has 6 nitrogen and oxygen atoms in total. The van der Waals surface area contributed by atoms with Gasteiger partial charge in [-0.25, -0.2) is 0 Å². The van der Waals surface area contributed by atoms with Gasteiger partial charge in [0.15, 0.2) is 0 Å². The summed E-state index contributed by atoms with van der Waals surface area (Å²) in [6.45, 7) is 5.44. The number of furan rings is 1. The predicted octanol–water partition coefficient (Wildman–Crippen LogP) is 3.49. The lowest BCUT2D eigenvalue weighted by atomic mass is 9.96. The van der Waals surface area contributed by atoms with E-state index in [1.54, 1.807) is 23.0 Å². The third kappa shape index (κ3) is 4.03. The zero-order valence-electron chi connectivity index (χ0n) is 17.2. The van der Waals surface area contributed by atoms with Gasteiger partial charge >= 0.3 is 0 Å². The Balaban J connectivity index is 1.86. The molecule has 0 saturated carbocycles. The van der Waals surface area contributed by atoms with Crippen molar-refractivity contribution in [2.45, 2.75) is 19.5 Å². The summed E-state index contributed by atoms with van der Waals surface area (Å²) in [4.78, 5) is 18.1. The highest BCUT2D eigenvalue weighted by Crippen LogP contribution is 2.36. The second-order valence-corrected chi connectivity index (χ2v) is 8.23. The molecular formula is C23H26ClN3O3. The first kappa shape index (κ1) is 20.7. The van der Waals surface area contributed by atoms with E-state index in [-0.39, 0.29) is 11.3 Å². The SMILES string of the molecule is Cc1cc(O)c([C@H](c2ccccc2Cl)N2CCN(C)CC2)c(=O)n1Cc1ccco1. The molecule has 1 fully saturated rings. The number of aryl methyl sites for hydroxylation is 1. The molecule has 30 heavy (non-hydrogen) atoms. The van der Waals surface area contributed by atoms with Crippen molar-refractivity contribution in [2.75, 3.05) is 33.2 Å². The zero-order valence-corrected chi connectivity index (χ0v) is 18.0. The highest BCUT2D eigenvalue weighted by atomic mass is 35.5. The van der Waals surface area contributed by atoms with Crippen LogP contribution in [0.5, 0.6) is 5.75 Å². The Labute approximate surface area is 180 Å². The van der Waals surface area contributed by atoms with E-state index in [9.17, 15) is 9.90 Å². The molecule has 2 aromatic heterocycles. The van der Waals surface area contributed by atoms with Crippen molar-refractivity contribution >= 4 is 11.6 Å². The molecule has 1 aromatic carbocycles. The molecule has 0 aliphatic carbocycles. The molecule has 0 bridgehead atoms. The van der Waals surface area contributed by atoms with E-state index in [1.165, 1.54) is 0 Å². The van der Waals surface area contributed by atoms with Gasteiger partial charge in [0, 0.05) is 36.9 Å². The number of benzene rings is 1. The Kier molecular flexibility index (Phi) is 5.99. The van der Waals surface area contributed by atoms with Crippen LogP contribution in [-0.2, 0) is 6.54 Å². The van der Waals surface area contributed by atoms with Crippen molar-refractivity contribution in [3.05, 3.63) is 86.7 Å². The fraction of sp³-hybridized carbons (Fsp3) is 0.348. The lowest BCUT2D eigenvalue weighted by Gasteiger charge is -2.38. The van der Waals surface area contributed by atoms with E-state index in [0.29, 0.717) is 28.6 Å². The number of pyridine rings is 1. The predicted molar refractivity (Wildman–Crippen MR) is 117 cm³/mol. The van der Waals surface area contributed by atoms with Crippen LogP contribution < -0.4 is 5.56 Å². The van der Waals surface area contributed by atoms with Crippen molar-refractivity contribution in [1.82, 2.24) is 14.4 Å². The smallest absolute Gasteiger partial charge is 0.260 e. The molecule has 3 aromatic rings. The number of piperazine rings is 1. The van der Waals surface area contributed by atoms with Crippen molar-refractivity contribution in [2.24, 2.45) is 0 Å². The summed E-state index contributed by atoms with van der Waals surface area (Å²) >= 11 is 6.57. The van der Waals surface area contributed by atoms with Crippen LogP contribution in [0.25, 0.3) is 0 Å². The van der Waals surface area contributed by atoms with Crippen molar-refractivity contribution in [3.8, 4) is 5.75 Å². The maximum Gasteiger partial charge on any atom is 0.260 e. The molecule has 1 saturated heterocycles. The highest BCUT2D eigenvalue weighted by molar-refractivity contribution is 6.31. The van der Waals surface area contributed by atoms with Crippen molar-refractivity contribution in [1.29, 1.82) is 0 Å². The van der Waals surface area contributed by atoms with E-state index in [0.717, 1.165) is 31.7 Å². The number of aromatic hydroxyl groups is 1. The molecule has 0 amide bonds. The minimum atomic E-state index is -0.427.